The molecule has 9 aromatic carbocycles. The number of hydrogen-bond acceptors (Lipinski definition) is 6. The Kier molecular flexibility index (Phi) is 10.2. The fourth-order valence-electron chi connectivity index (χ4n) is 12.1. The lowest BCUT2D eigenvalue weighted by molar-refractivity contribution is 0.590. The van der Waals surface area contributed by atoms with Crippen molar-refractivity contribution < 1.29 is 8.83 Å². The van der Waals surface area contributed by atoms with E-state index in [1.54, 1.807) is 0 Å². The van der Waals surface area contributed by atoms with Gasteiger partial charge in [-0.2, -0.15) is 0 Å². The Hall–Kier alpha value is -8.36. The van der Waals surface area contributed by atoms with Crippen LogP contribution >= 0.6 is 22.7 Å². The van der Waals surface area contributed by atoms with Gasteiger partial charge in [-0.15, -0.1) is 22.7 Å². The molecule has 7 heteroatoms. The molecular formula is C70H53BN2O2S2. The SMILES string of the molecule is CC(C)(C)c1ccc2oc3c(c2c1)N(c1ccc(-c2cc4ccccc4s2)cc1-c1ccccc1)c1cccc2c1B3c1oc3ccc(C(C)(C)C)cc3c1N2c1ccc(-c2cc3ccccc3s2)cc1-c1ccccc1. The minimum atomic E-state index is -0.370. The van der Waals surface area contributed by atoms with Gasteiger partial charge in [0.05, 0.1) is 22.7 Å². The number of thiophene rings is 2. The summed E-state index contributed by atoms with van der Waals surface area (Å²) < 4.78 is 17.5. The van der Waals surface area contributed by atoms with E-state index in [4.69, 9.17) is 8.83 Å². The third-order valence-corrected chi connectivity index (χ3v) is 18.3. The van der Waals surface area contributed by atoms with E-state index >= 15 is 0 Å². The average Bonchev–Trinajstić information content (AvgIpc) is 4.37. The highest BCUT2D eigenvalue weighted by Crippen LogP contribution is 2.53. The van der Waals surface area contributed by atoms with Crippen LogP contribution in [0.3, 0.4) is 0 Å². The highest BCUT2D eigenvalue weighted by molar-refractivity contribution is 7.22. The molecule has 4 aromatic heterocycles. The van der Waals surface area contributed by atoms with Gasteiger partial charge in [0, 0.05) is 52.4 Å². The van der Waals surface area contributed by atoms with Crippen molar-refractivity contribution in [2.75, 3.05) is 9.80 Å². The average molecular weight is 1030 g/mol. The van der Waals surface area contributed by atoms with Gasteiger partial charge in [-0.25, -0.2) is 0 Å². The summed E-state index contributed by atoms with van der Waals surface area (Å²) in [5.74, 6) is 0. The second-order valence-corrected chi connectivity index (χ2v) is 25.0. The standard InChI is InChI=1S/C70H53BN2O2S2/c1-69(2,3)48-30-34-58-52(40-48)65-67(74-58)71-64-56(72(65)54-32-28-46(36-50(54)42-18-9-7-10-19-42)62-38-44-22-13-15-26-60(44)76-62)24-17-25-57(64)73(66-53-41-49(70(4,5)6)31-35-59(53)75-68(66)71)55-33-29-47(37-51(55)43-20-11-8-12-21-43)63-39-45-23-14-16-27-61(45)77-63/h7-41H,1-6H3. The Morgan fingerprint density at radius 2 is 0.805 bits per heavy atom. The van der Waals surface area contributed by atoms with Crippen LogP contribution in [0.2, 0.25) is 0 Å². The predicted octanol–water partition coefficient (Wildman–Crippen LogP) is 19.0. The largest absolute Gasteiger partial charge is 0.468 e. The first-order valence-corrected chi connectivity index (χ1v) is 28.3. The fraction of sp³-hybridized carbons (Fsp3) is 0.114. The molecule has 77 heavy (non-hydrogen) atoms. The second-order valence-electron chi connectivity index (χ2n) is 22.9. The fourth-order valence-corrected chi connectivity index (χ4v) is 14.2. The monoisotopic (exact) mass is 1030 g/mol. The van der Waals surface area contributed by atoms with E-state index in [0.717, 1.165) is 95.1 Å². The van der Waals surface area contributed by atoms with Gasteiger partial charge in [-0.05, 0) is 145 Å². The molecule has 2 aliphatic heterocycles. The maximum Gasteiger partial charge on any atom is 0.342 e. The smallest absolute Gasteiger partial charge is 0.342 e. The number of nitrogens with zero attached hydrogens (tertiary/aromatic N) is 2. The summed E-state index contributed by atoms with van der Waals surface area (Å²) in [6.07, 6.45) is 0. The number of hydrogen-bond donors (Lipinski definition) is 0. The topological polar surface area (TPSA) is 32.8 Å². The molecule has 0 N–H and O–H groups in total. The Bertz CT molecular complexity index is 4160. The van der Waals surface area contributed by atoms with Crippen molar-refractivity contribution in [1.29, 1.82) is 0 Å². The molecule has 13 aromatic rings. The van der Waals surface area contributed by atoms with E-state index in [0.29, 0.717) is 0 Å². The maximum atomic E-state index is 7.47. The lowest BCUT2D eigenvalue weighted by Gasteiger charge is -2.41. The van der Waals surface area contributed by atoms with Gasteiger partial charge in [0.2, 0.25) is 0 Å². The molecule has 370 valence electrons. The van der Waals surface area contributed by atoms with E-state index in [-0.39, 0.29) is 17.5 Å². The first-order chi connectivity index (χ1) is 37.4. The molecule has 0 aliphatic carbocycles. The molecule has 0 radical (unpaired) electrons. The van der Waals surface area contributed by atoms with Crippen molar-refractivity contribution >= 4 is 122 Å². The van der Waals surface area contributed by atoms with Gasteiger partial charge < -0.3 is 18.6 Å². The Balaban J connectivity index is 1.04. The van der Waals surface area contributed by atoms with Crippen molar-refractivity contribution in [3.8, 4) is 43.1 Å². The predicted molar refractivity (Wildman–Crippen MR) is 330 cm³/mol. The number of furan rings is 2. The highest BCUT2D eigenvalue weighted by Gasteiger charge is 2.50. The van der Waals surface area contributed by atoms with Gasteiger partial charge in [-0.1, -0.05) is 169 Å². The third-order valence-electron chi connectivity index (χ3n) is 16.0. The summed E-state index contributed by atoms with van der Waals surface area (Å²) in [4.78, 5) is 7.52. The van der Waals surface area contributed by atoms with Crippen molar-refractivity contribution in [3.63, 3.8) is 0 Å². The van der Waals surface area contributed by atoms with Crippen LogP contribution < -0.4 is 26.6 Å². The summed E-state index contributed by atoms with van der Waals surface area (Å²) in [7, 11) is 0. The molecular weight excluding hydrogens is 976 g/mol. The first-order valence-electron chi connectivity index (χ1n) is 26.7. The molecule has 0 saturated carbocycles. The van der Waals surface area contributed by atoms with Crippen LogP contribution in [0.25, 0.3) is 85.2 Å². The van der Waals surface area contributed by atoms with Gasteiger partial charge in [0.1, 0.15) is 22.5 Å². The summed E-state index contributed by atoms with van der Waals surface area (Å²) in [5.41, 5.74) is 20.2. The minimum absolute atomic E-state index is 0.102. The quantitative estimate of drug-likeness (QED) is 0.155. The summed E-state index contributed by atoms with van der Waals surface area (Å²) >= 11 is 3.69. The molecule has 0 amide bonds. The van der Waals surface area contributed by atoms with Crippen LogP contribution in [0.15, 0.2) is 221 Å². The number of benzene rings is 9. The zero-order chi connectivity index (χ0) is 51.9. The van der Waals surface area contributed by atoms with Crippen LogP contribution in [0.4, 0.5) is 34.1 Å². The van der Waals surface area contributed by atoms with Crippen molar-refractivity contribution in [2.24, 2.45) is 0 Å². The molecule has 15 rings (SSSR count). The van der Waals surface area contributed by atoms with E-state index in [2.05, 4.69) is 264 Å². The van der Waals surface area contributed by atoms with E-state index in [1.165, 1.54) is 52.2 Å². The molecule has 4 nitrogen and oxygen atoms in total. The molecule has 6 heterocycles. The molecule has 2 aliphatic rings. The Labute approximate surface area is 457 Å². The minimum Gasteiger partial charge on any atom is -0.468 e. The van der Waals surface area contributed by atoms with Gasteiger partial charge in [0.15, 0.2) is 0 Å². The van der Waals surface area contributed by atoms with Crippen molar-refractivity contribution in [2.45, 2.75) is 52.4 Å². The number of rotatable bonds is 6. The molecule has 0 unspecified atom stereocenters. The van der Waals surface area contributed by atoms with Gasteiger partial charge in [-0.3, -0.25) is 0 Å². The lowest BCUT2D eigenvalue weighted by atomic mass is 9.37. The second kappa shape index (κ2) is 17.1. The van der Waals surface area contributed by atoms with Crippen LogP contribution in [0.5, 0.6) is 0 Å². The zero-order valence-electron chi connectivity index (χ0n) is 43.8. The molecule has 0 bridgehead atoms. The number of fused-ring (bicyclic) bond motifs is 10. The number of anilines is 6. The van der Waals surface area contributed by atoms with Crippen LogP contribution in [-0.4, -0.2) is 6.71 Å². The molecule has 0 atom stereocenters. The summed E-state index contributed by atoms with van der Waals surface area (Å²) in [6.45, 7) is 13.4. The summed E-state index contributed by atoms with van der Waals surface area (Å²) in [5, 5.41) is 4.67. The lowest BCUT2D eigenvalue weighted by Crippen LogP contribution is -2.60. The first kappa shape index (κ1) is 46.0. The van der Waals surface area contributed by atoms with E-state index in [1.807, 2.05) is 22.7 Å². The zero-order valence-corrected chi connectivity index (χ0v) is 45.4. The maximum absolute atomic E-state index is 7.47. The Morgan fingerprint density at radius 1 is 0.377 bits per heavy atom. The van der Waals surface area contributed by atoms with Crippen molar-refractivity contribution in [3.05, 3.63) is 223 Å². The molecule has 0 spiro atoms. The Morgan fingerprint density at radius 3 is 1.23 bits per heavy atom. The van der Waals surface area contributed by atoms with Crippen LogP contribution in [-0.2, 0) is 10.8 Å². The molecule has 0 fully saturated rings. The highest BCUT2D eigenvalue weighted by atomic mass is 32.1. The third kappa shape index (κ3) is 7.31. The van der Waals surface area contributed by atoms with Gasteiger partial charge >= 0.3 is 6.71 Å². The van der Waals surface area contributed by atoms with Gasteiger partial charge in [0.25, 0.3) is 0 Å². The van der Waals surface area contributed by atoms with Crippen LogP contribution in [0, 0.1) is 0 Å². The van der Waals surface area contributed by atoms with E-state index in [9.17, 15) is 0 Å². The molecule has 0 saturated heterocycles. The van der Waals surface area contributed by atoms with E-state index < -0.39 is 0 Å². The van der Waals surface area contributed by atoms with Crippen LogP contribution in [0.1, 0.15) is 52.7 Å². The normalized spacial score (nSPS) is 13.2. The summed E-state index contributed by atoms with van der Waals surface area (Å²) in [6, 6.07) is 78.5. The van der Waals surface area contributed by atoms with Crippen molar-refractivity contribution in [1.82, 2.24) is 0 Å².